The minimum Gasteiger partial charge on any atom is -0.370 e. The van der Waals surface area contributed by atoms with Gasteiger partial charge in [-0.1, -0.05) is 0 Å². The summed E-state index contributed by atoms with van der Waals surface area (Å²) in [6.07, 6.45) is 5.02. The monoisotopic (exact) mass is 315 g/mol. The van der Waals surface area contributed by atoms with Gasteiger partial charge in [0.05, 0.1) is 5.69 Å². The van der Waals surface area contributed by atoms with Crippen molar-refractivity contribution < 1.29 is 0 Å². The maximum Gasteiger partial charge on any atom is 0.134 e. The fourth-order valence-electron chi connectivity index (χ4n) is 3.03. The molecule has 0 radical (unpaired) electrons. The van der Waals surface area contributed by atoms with E-state index in [4.69, 9.17) is 0 Å². The molecule has 1 fully saturated rings. The Morgan fingerprint density at radius 3 is 3.09 bits per heavy atom. The van der Waals surface area contributed by atoms with E-state index < -0.39 is 0 Å². The van der Waals surface area contributed by atoms with Crippen LogP contribution in [0.1, 0.15) is 43.0 Å². The third kappa shape index (κ3) is 4.04. The molecule has 2 N–H and O–H groups in total. The molecular weight excluding hydrogens is 290 g/mol. The van der Waals surface area contributed by atoms with Gasteiger partial charge in [0.2, 0.25) is 0 Å². The van der Waals surface area contributed by atoms with Crippen molar-refractivity contribution in [3.63, 3.8) is 0 Å². The topological polar surface area (TPSA) is 80.5 Å². The summed E-state index contributed by atoms with van der Waals surface area (Å²) in [6, 6.07) is 2.09. The van der Waals surface area contributed by atoms with Crippen LogP contribution >= 0.6 is 0 Å². The third-order valence-electron chi connectivity index (χ3n) is 4.26. The van der Waals surface area contributed by atoms with E-state index in [0.29, 0.717) is 5.92 Å². The van der Waals surface area contributed by atoms with Crippen molar-refractivity contribution in [2.24, 2.45) is 0 Å². The van der Waals surface area contributed by atoms with E-state index in [2.05, 4.69) is 48.4 Å². The van der Waals surface area contributed by atoms with Gasteiger partial charge in [-0.2, -0.15) is 0 Å². The van der Waals surface area contributed by atoms with Crippen molar-refractivity contribution in [2.45, 2.75) is 45.6 Å². The summed E-state index contributed by atoms with van der Waals surface area (Å²) >= 11 is 0. The summed E-state index contributed by atoms with van der Waals surface area (Å²) in [5.41, 5.74) is 1.14. The van der Waals surface area contributed by atoms with Crippen LogP contribution in [0, 0.1) is 6.92 Å². The van der Waals surface area contributed by atoms with Crippen LogP contribution < -0.4 is 10.6 Å². The average molecular weight is 315 g/mol. The van der Waals surface area contributed by atoms with Gasteiger partial charge in [-0.3, -0.25) is 0 Å². The van der Waals surface area contributed by atoms with Gasteiger partial charge in [0.15, 0.2) is 0 Å². The second-order valence-corrected chi connectivity index (χ2v) is 5.98. The number of nitrogens with zero attached hydrogens (tertiary/aromatic N) is 5. The highest BCUT2D eigenvalue weighted by Gasteiger charge is 2.17. The van der Waals surface area contributed by atoms with Crippen LogP contribution in [0.15, 0.2) is 12.4 Å². The summed E-state index contributed by atoms with van der Waals surface area (Å²) in [4.78, 5) is 9.13. The first-order chi connectivity index (χ1) is 11.3. The minimum absolute atomic E-state index is 0.495. The van der Waals surface area contributed by atoms with Gasteiger partial charge >= 0.3 is 0 Å². The van der Waals surface area contributed by atoms with Crippen LogP contribution in [0.25, 0.3) is 0 Å². The quantitative estimate of drug-likeness (QED) is 0.841. The smallest absolute Gasteiger partial charge is 0.134 e. The van der Waals surface area contributed by atoms with Crippen LogP contribution in [-0.2, 0) is 13.0 Å². The third-order valence-corrected chi connectivity index (χ3v) is 4.26. The van der Waals surface area contributed by atoms with Gasteiger partial charge in [-0.05, 0) is 33.2 Å². The largest absolute Gasteiger partial charge is 0.370 e. The molecule has 0 spiro atoms. The Labute approximate surface area is 136 Å². The molecule has 23 heavy (non-hydrogen) atoms. The summed E-state index contributed by atoms with van der Waals surface area (Å²) in [7, 11) is 0. The van der Waals surface area contributed by atoms with Crippen molar-refractivity contribution in [2.75, 3.05) is 25.0 Å². The minimum atomic E-state index is 0.495. The van der Waals surface area contributed by atoms with Crippen molar-refractivity contribution >= 4 is 5.82 Å². The zero-order chi connectivity index (χ0) is 16.1. The first kappa shape index (κ1) is 15.9. The summed E-state index contributed by atoms with van der Waals surface area (Å²) in [5, 5.41) is 15.0. The Kier molecular flexibility index (Phi) is 5.17. The average Bonchev–Trinajstić information content (AvgIpc) is 3.03. The number of hydrogen-bond acceptors (Lipinski definition) is 6. The second kappa shape index (κ2) is 7.50. The molecule has 2 aromatic heterocycles. The predicted octanol–water partition coefficient (Wildman–Crippen LogP) is 1.52. The van der Waals surface area contributed by atoms with Crippen LogP contribution in [0.2, 0.25) is 0 Å². The van der Waals surface area contributed by atoms with Crippen LogP contribution in [0.5, 0.6) is 0 Å². The van der Waals surface area contributed by atoms with E-state index in [1.54, 1.807) is 6.33 Å². The summed E-state index contributed by atoms with van der Waals surface area (Å²) in [6.45, 7) is 7.86. The lowest BCUT2D eigenvalue weighted by Gasteiger charge is -2.22. The fourth-order valence-corrected chi connectivity index (χ4v) is 3.03. The highest BCUT2D eigenvalue weighted by atomic mass is 15.3. The van der Waals surface area contributed by atoms with Gasteiger partial charge in [0.25, 0.3) is 0 Å². The molecule has 0 amide bonds. The SMILES string of the molecule is CCn1cnnc1CCNc1cc([C@@H]2CCCNC2)nc(C)n1. The molecule has 0 saturated carbocycles. The molecule has 124 valence electrons. The van der Waals surface area contributed by atoms with E-state index in [1.165, 1.54) is 12.8 Å². The lowest BCUT2D eigenvalue weighted by Crippen LogP contribution is -2.29. The van der Waals surface area contributed by atoms with Gasteiger partial charge < -0.3 is 15.2 Å². The normalized spacial score (nSPS) is 18.1. The Morgan fingerprint density at radius 1 is 1.39 bits per heavy atom. The molecule has 3 heterocycles. The highest BCUT2D eigenvalue weighted by molar-refractivity contribution is 5.37. The van der Waals surface area contributed by atoms with Crippen molar-refractivity contribution in [1.82, 2.24) is 30.0 Å². The molecule has 0 aromatic carbocycles. The van der Waals surface area contributed by atoms with Crippen LogP contribution in [0.4, 0.5) is 5.82 Å². The number of piperidine rings is 1. The highest BCUT2D eigenvalue weighted by Crippen LogP contribution is 2.23. The van der Waals surface area contributed by atoms with Crippen molar-refractivity contribution in [3.05, 3.63) is 29.7 Å². The van der Waals surface area contributed by atoms with Gasteiger partial charge in [-0.15, -0.1) is 10.2 Å². The lowest BCUT2D eigenvalue weighted by atomic mass is 9.96. The number of aromatic nitrogens is 5. The van der Waals surface area contributed by atoms with E-state index in [1.807, 2.05) is 6.92 Å². The zero-order valence-corrected chi connectivity index (χ0v) is 13.9. The van der Waals surface area contributed by atoms with E-state index in [-0.39, 0.29) is 0 Å². The Morgan fingerprint density at radius 2 is 2.30 bits per heavy atom. The van der Waals surface area contributed by atoms with Gasteiger partial charge in [-0.25, -0.2) is 9.97 Å². The molecule has 0 unspecified atom stereocenters. The number of rotatable bonds is 6. The maximum atomic E-state index is 4.63. The van der Waals surface area contributed by atoms with Crippen molar-refractivity contribution in [3.8, 4) is 0 Å². The molecule has 1 aliphatic rings. The standard InChI is InChI=1S/C16H25N7/c1-3-23-11-19-22-16(23)6-8-18-15-9-14(20-12(2)21-15)13-5-4-7-17-10-13/h9,11,13,17H,3-8,10H2,1-2H3,(H,18,20,21)/t13-/m1/s1. The second-order valence-electron chi connectivity index (χ2n) is 5.98. The number of hydrogen-bond donors (Lipinski definition) is 2. The number of anilines is 1. The fraction of sp³-hybridized carbons (Fsp3) is 0.625. The van der Waals surface area contributed by atoms with E-state index >= 15 is 0 Å². The molecular formula is C16H25N7. The first-order valence-corrected chi connectivity index (χ1v) is 8.43. The molecule has 2 aromatic rings. The molecule has 0 aliphatic carbocycles. The molecule has 1 atom stereocenters. The molecule has 1 aliphatic heterocycles. The summed E-state index contributed by atoms with van der Waals surface area (Å²) in [5.74, 6) is 3.23. The molecule has 3 rings (SSSR count). The van der Waals surface area contributed by atoms with Gasteiger partial charge in [0, 0.05) is 38.0 Å². The Hall–Kier alpha value is -2.02. The van der Waals surface area contributed by atoms with E-state index in [0.717, 1.165) is 55.8 Å². The number of aryl methyl sites for hydroxylation is 2. The van der Waals surface area contributed by atoms with Crippen LogP contribution in [0.3, 0.4) is 0 Å². The Balaban J connectivity index is 1.62. The van der Waals surface area contributed by atoms with Crippen LogP contribution in [-0.4, -0.2) is 44.4 Å². The van der Waals surface area contributed by atoms with Gasteiger partial charge in [0.1, 0.15) is 23.8 Å². The number of nitrogens with one attached hydrogen (secondary N) is 2. The molecule has 7 nitrogen and oxygen atoms in total. The Bertz CT molecular complexity index is 631. The van der Waals surface area contributed by atoms with Crippen molar-refractivity contribution in [1.29, 1.82) is 0 Å². The summed E-state index contributed by atoms with van der Waals surface area (Å²) < 4.78 is 2.06. The molecule has 0 bridgehead atoms. The first-order valence-electron chi connectivity index (χ1n) is 8.43. The van der Waals surface area contributed by atoms with E-state index in [9.17, 15) is 0 Å². The zero-order valence-electron chi connectivity index (χ0n) is 13.9. The maximum absolute atomic E-state index is 4.63. The molecule has 7 heteroatoms. The lowest BCUT2D eigenvalue weighted by molar-refractivity contribution is 0.453. The predicted molar refractivity (Wildman–Crippen MR) is 89.5 cm³/mol. The molecule has 1 saturated heterocycles.